The molecule has 0 saturated heterocycles. The van der Waals surface area contributed by atoms with E-state index in [1.165, 1.54) is 11.1 Å². The zero-order valence-corrected chi connectivity index (χ0v) is 9.72. The monoisotopic (exact) mass is 215 g/mol. The number of hydrogen-bond acceptors (Lipinski definition) is 2. The summed E-state index contributed by atoms with van der Waals surface area (Å²) in [6, 6.07) is 8.47. The van der Waals surface area contributed by atoms with Crippen LogP contribution in [0.5, 0.6) is 0 Å². The van der Waals surface area contributed by atoms with Crippen LogP contribution in [0.15, 0.2) is 36.7 Å². The lowest BCUT2D eigenvalue weighted by molar-refractivity contribution is 0.727. The summed E-state index contributed by atoms with van der Waals surface area (Å²) < 4.78 is 1.89. The van der Waals surface area contributed by atoms with Crippen molar-refractivity contribution >= 4 is 0 Å². The van der Waals surface area contributed by atoms with Crippen LogP contribution < -0.4 is 5.73 Å². The average Bonchev–Trinajstić information content (AvgIpc) is 2.69. The molecule has 3 heteroatoms. The third kappa shape index (κ3) is 2.31. The first-order valence-electron chi connectivity index (χ1n) is 5.52. The number of aromatic nitrogens is 2. The van der Waals surface area contributed by atoms with E-state index in [2.05, 4.69) is 30.2 Å². The minimum atomic E-state index is 0.163. The van der Waals surface area contributed by atoms with Crippen molar-refractivity contribution in [1.82, 2.24) is 9.78 Å². The van der Waals surface area contributed by atoms with Gasteiger partial charge in [0.1, 0.15) is 0 Å². The van der Waals surface area contributed by atoms with E-state index in [0.717, 1.165) is 12.1 Å². The molecule has 0 bridgehead atoms. The quantitative estimate of drug-likeness (QED) is 0.851. The topological polar surface area (TPSA) is 43.8 Å². The van der Waals surface area contributed by atoms with Crippen LogP contribution in [0.1, 0.15) is 18.1 Å². The summed E-state index contributed by atoms with van der Waals surface area (Å²) in [7, 11) is 0. The molecule has 1 heterocycles. The third-order valence-corrected chi connectivity index (χ3v) is 2.53. The van der Waals surface area contributed by atoms with Crippen LogP contribution in [0, 0.1) is 6.92 Å². The van der Waals surface area contributed by atoms with Gasteiger partial charge < -0.3 is 5.73 Å². The summed E-state index contributed by atoms with van der Waals surface area (Å²) in [4.78, 5) is 0. The first-order valence-corrected chi connectivity index (χ1v) is 5.52. The third-order valence-electron chi connectivity index (χ3n) is 2.53. The van der Waals surface area contributed by atoms with Crippen LogP contribution in [-0.2, 0) is 6.42 Å². The van der Waals surface area contributed by atoms with Crippen molar-refractivity contribution in [2.75, 3.05) is 0 Å². The van der Waals surface area contributed by atoms with Crippen molar-refractivity contribution in [3.8, 4) is 5.69 Å². The van der Waals surface area contributed by atoms with Gasteiger partial charge in [0.2, 0.25) is 0 Å². The predicted octanol–water partition coefficient (Wildman–Crippen LogP) is 2.07. The fraction of sp³-hybridized carbons (Fsp3) is 0.308. The number of aryl methyl sites for hydroxylation is 1. The van der Waals surface area contributed by atoms with Crippen LogP contribution >= 0.6 is 0 Å². The van der Waals surface area contributed by atoms with Crippen molar-refractivity contribution in [1.29, 1.82) is 0 Å². The molecular weight excluding hydrogens is 198 g/mol. The maximum Gasteiger partial charge on any atom is 0.0678 e. The highest BCUT2D eigenvalue weighted by Crippen LogP contribution is 2.17. The van der Waals surface area contributed by atoms with Crippen LogP contribution in [-0.4, -0.2) is 15.8 Å². The van der Waals surface area contributed by atoms with Gasteiger partial charge in [-0.3, -0.25) is 0 Å². The largest absolute Gasteiger partial charge is 0.328 e. The molecule has 1 unspecified atom stereocenters. The molecule has 3 nitrogen and oxygen atoms in total. The Morgan fingerprint density at radius 1 is 1.44 bits per heavy atom. The van der Waals surface area contributed by atoms with E-state index in [4.69, 9.17) is 5.73 Å². The lowest BCUT2D eigenvalue weighted by Crippen LogP contribution is -2.19. The molecule has 0 aliphatic heterocycles. The van der Waals surface area contributed by atoms with Gasteiger partial charge in [0.05, 0.1) is 5.69 Å². The summed E-state index contributed by atoms with van der Waals surface area (Å²) >= 11 is 0. The Labute approximate surface area is 95.9 Å². The molecule has 0 saturated carbocycles. The minimum absolute atomic E-state index is 0.163. The first kappa shape index (κ1) is 10.9. The standard InChI is InChI=1S/C13H17N3/c1-10-4-5-13(16-7-3-6-15-16)12(8-10)9-11(2)14/h3-8,11H,9,14H2,1-2H3. The smallest absolute Gasteiger partial charge is 0.0678 e. The molecular formula is C13H17N3. The van der Waals surface area contributed by atoms with Gasteiger partial charge in [0.25, 0.3) is 0 Å². The second-order valence-electron chi connectivity index (χ2n) is 4.26. The van der Waals surface area contributed by atoms with Gasteiger partial charge >= 0.3 is 0 Å². The van der Waals surface area contributed by atoms with E-state index in [-0.39, 0.29) is 6.04 Å². The van der Waals surface area contributed by atoms with Gasteiger partial charge in [-0.2, -0.15) is 5.10 Å². The van der Waals surface area contributed by atoms with Crippen molar-refractivity contribution in [2.45, 2.75) is 26.3 Å². The van der Waals surface area contributed by atoms with Gasteiger partial charge in [0, 0.05) is 18.4 Å². The lowest BCUT2D eigenvalue weighted by atomic mass is 10.0. The van der Waals surface area contributed by atoms with E-state index in [1.807, 2.05) is 23.9 Å². The second-order valence-corrected chi connectivity index (χ2v) is 4.26. The van der Waals surface area contributed by atoms with Crippen LogP contribution in [0.3, 0.4) is 0 Å². The van der Waals surface area contributed by atoms with Gasteiger partial charge in [-0.15, -0.1) is 0 Å². The Morgan fingerprint density at radius 2 is 2.25 bits per heavy atom. The van der Waals surface area contributed by atoms with Gasteiger partial charge in [-0.1, -0.05) is 17.7 Å². The van der Waals surface area contributed by atoms with E-state index in [9.17, 15) is 0 Å². The molecule has 1 aromatic heterocycles. The molecule has 2 N–H and O–H groups in total. The highest BCUT2D eigenvalue weighted by molar-refractivity contribution is 5.43. The molecule has 0 fully saturated rings. The average molecular weight is 215 g/mol. The minimum Gasteiger partial charge on any atom is -0.328 e. The summed E-state index contributed by atoms with van der Waals surface area (Å²) in [5, 5.41) is 4.26. The fourth-order valence-electron chi connectivity index (χ4n) is 1.86. The van der Waals surface area contributed by atoms with Crippen LogP contribution in [0.25, 0.3) is 5.69 Å². The molecule has 0 radical (unpaired) electrons. The van der Waals surface area contributed by atoms with E-state index < -0.39 is 0 Å². The van der Waals surface area contributed by atoms with E-state index >= 15 is 0 Å². The van der Waals surface area contributed by atoms with Gasteiger partial charge in [-0.05, 0) is 38.0 Å². The second kappa shape index (κ2) is 4.49. The number of nitrogens with zero attached hydrogens (tertiary/aromatic N) is 2. The summed E-state index contributed by atoms with van der Waals surface area (Å²) in [5.74, 6) is 0. The Morgan fingerprint density at radius 3 is 2.88 bits per heavy atom. The molecule has 2 aromatic rings. The molecule has 1 aromatic carbocycles. The number of hydrogen-bond donors (Lipinski definition) is 1. The highest BCUT2D eigenvalue weighted by Gasteiger charge is 2.07. The molecule has 0 aliphatic rings. The molecule has 0 aliphatic carbocycles. The van der Waals surface area contributed by atoms with Crippen molar-refractivity contribution in [2.24, 2.45) is 5.73 Å². The number of benzene rings is 1. The SMILES string of the molecule is Cc1ccc(-n2cccn2)c(CC(C)N)c1. The maximum absolute atomic E-state index is 5.87. The summed E-state index contributed by atoms with van der Waals surface area (Å²) in [6.07, 6.45) is 4.61. The predicted molar refractivity (Wildman–Crippen MR) is 65.7 cm³/mol. The Kier molecular flexibility index (Phi) is 3.06. The Hall–Kier alpha value is -1.61. The van der Waals surface area contributed by atoms with Crippen LogP contribution in [0.4, 0.5) is 0 Å². The molecule has 84 valence electrons. The molecule has 0 amide bonds. The highest BCUT2D eigenvalue weighted by atomic mass is 15.3. The van der Waals surface area contributed by atoms with E-state index in [1.54, 1.807) is 6.20 Å². The zero-order chi connectivity index (χ0) is 11.5. The molecule has 2 rings (SSSR count). The summed E-state index contributed by atoms with van der Waals surface area (Å²) in [6.45, 7) is 4.12. The summed E-state index contributed by atoms with van der Waals surface area (Å²) in [5.41, 5.74) is 9.49. The Bertz CT molecular complexity index is 458. The number of nitrogens with two attached hydrogens (primary N) is 1. The van der Waals surface area contributed by atoms with E-state index in [0.29, 0.717) is 0 Å². The molecule has 1 atom stereocenters. The van der Waals surface area contributed by atoms with Crippen molar-refractivity contribution < 1.29 is 0 Å². The Balaban J connectivity index is 2.44. The number of rotatable bonds is 3. The van der Waals surface area contributed by atoms with Crippen molar-refractivity contribution in [3.05, 3.63) is 47.8 Å². The zero-order valence-electron chi connectivity index (χ0n) is 9.72. The lowest BCUT2D eigenvalue weighted by Gasteiger charge is -2.12. The van der Waals surface area contributed by atoms with Gasteiger partial charge in [0.15, 0.2) is 0 Å². The van der Waals surface area contributed by atoms with Crippen LogP contribution in [0.2, 0.25) is 0 Å². The maximum atomic E-state index is 5.87. The molecule has 16 heavy (non-hydrogen) atoms. The first-order chi connectivity index (χ1) is 7.66. The van der Waals surface area contributed by atoms with Crippen molar-refractivity contribution in [3.63, 3.8) is 0 Å². The molecule has 0 spiro atoms. The fourth-order valence-corrected chi connectivity index (χ4v) is 1.86. The van der Waals surface area contributed by atoms with Gasteiger partial charge in [-0.25, -0.2) is 4.68 Å². The normalized spacial score (nSPS) is 12.7.